The highest BCUT2D eigenvalue weighted by molar-refractivity contribution is 7.47. The summed E-state index contributed by atoms with van der Waals surface area (Å²) in [6.07, 6.45) is -8.61. The normalized spacial score (nSPS) is 28.3. The van der Waals surface area contributed by atoms with Crippen LogP contribution in [0.25, 0.3) is 0 Å². The Balaban J connectivity index is 0.00000647. The van der Waals surface area contributed by atoms with Crippen LogP contribution in [-0.2, 0) is 107 Å². The van der Waals surface area contributed by atoms with Gasteiger partial charge >= 0.3 is 23.5 Å². The number of ether oxygens (including phenoxy) is 10. The summed E-state index contributed by atoms with van der Waals surface area (Å²) in [5, 5.41) is 92.5. The molecule has 0 spiro atoms. The van der Waals surface area contributed by atoms with Gasteiger partial charge in [0.2, 0.25) is 23.6 Å². The molecule has 6 heterocycles. The molecule has 4 amide bonds. The van der Waals surface area contributed by atoms with Crippen LogP contribution in [-0.4, -0.2) is 350 Å². The number of piperidine rings is 3. The molecule has 6 saturated heterocycles. The van der Waals surface area contributed by atoms with Crippen molar-refractivity contribution in [1.29, 1.82) is 0 Å². The van der Waals surface area contributed by atoms with E-state index in [4.69, 9.17) is 74.5 Å². The van der Waals surface area contributed by atoms with Gasteiger partial charge < -0.3 is 128 Å². The van der Waals surface area contributed by atoms with Gasteiger partial charge in [0.1, 0.15) is 48.8 Å². The van der Waals surface area contributed by atoms with Crippen LogP contribution >= 0.6 is 23.5 Å². The van der Waals surface area contributed by atoms with Crippen molar-refractivity contribution in [3.63, 3.8) is 0 Å². The van der Waals surface area contributed by atoms with Crippen LogP contribution in [0.3, 0.4) is 0 Å². The molecule has 0 aromatic carbocycles. The Morgan fingerprint density at radius 3 is 1.11 bits per heavy atom. The van der Waals surface area contributed by atoms with Crippen LogP contribution in [0.15, 0.2) is 0 Å². The maximum Gasteiger partial charge on any atom is 0.472 e. The number of methoxy groups -OCH3 is 1. The minimum absolute atomic E-state index is 0. The Kier molecular flexibility index (Phi) is 54.7. The van der Waals surface area contributed by atoms with E-state index in [1.165, 1.54) is 14.0 Å². The predicted molar refractivity (Wildman–Crippen MR) is 424 cm³/mol. The van der Waals surface area contributed by atoms with Crippen molar-refractivity contribution in [3.05, 3.63) is 0 Å². The van der Waals surface area contributed by atoms with Gasteiger partial charge in [-0.3, -0.25) is 46.3 Å². The van der Waals surface area contributed by atoms with Gasteiger partial charge in [-0.05, 0) is 108 Å². The lowest BCUT2D eigenvalue weighted by molar-refractivity contribution is -0.282. The van der Waals surface area contributed by atoms with Gasteiger partial charge in [-0.15, -0.1) is 0 Å². The minimum atomic E-state index is -4.54. The Morgan fingerprint density at radius 2 is 0.769 bits per heavy atom. The second kappa shape index (κ2) is 57.9. The maximum atomic E-state index is 13.1. The summed E-state index contributed by atoms with van der Waals surface area (Å²) in [7, 11) is -12.1. The monoisotopic (exact) mass is 1760 g/mol. The second-order valence-corrected chi connectivity index (χ2v) is 35.1. The largest absolute Gasteiger partial charge is 0.472 e. The van der Waals surface area contributed by atoms with Gasteiger partial charge in [0.25, 0.3) is 0 Å². The molecule has 39 nitrogen and oxygen atoms in total. The first-order valence-electron chi connectivity index (χ1n) is 40.2. The van der Waals surface area contributed by atoms with Crippen LogP contribution in [0.2, 0.25) is 0 Å². The quantitative estimate of drug-likeness (QED) is 0.0305. The van der Waals surface area contributed by atoms with Crippen LogP contribution in [0.5, 0.6) is 0 Å². The van der Waals surface area contributed by atoms with E-state index in [9.17, 15) is 93.5 Å². The number of carbonyl (C=O) groups is 4. The molecule has 0 bridgehead atoms. The lowest BCUT2D eigenvalue weighted by Crippen LogP contribution is -2.64. The molecule has 6 rings (SSSR count). The Hall–Kier alpha value is -2.55. The number of rotatable bonds is 52. The number of phosphoric acid groups is 3. The lowest BCUT2D eigenvalue weighted by atomic mass is 9.92. The molecular weight excluding hydrogens is 1610 g/mol. The molecule has 9 unspecified atom stereocenters. The zero-order valence-corrected chi connectivity index (χ0v) is 70.1. The van der Waals surface area contributed by atoms with E-state index < -0.39 is 159 Å². The van der Waals surface area contributed by atoms with Crippen molar-refractivity contribution in [1.82, 2.24) is 20.0 Å². The molecule has 6 aliphatic heterocycles. The van der Waals surface area contributed by atoms with Crippen LogP contribution in [0.4, 0.5) is 0 Å². The van der Waals surface area contributed by atoms with E-state index in [1.807, 2.05) is 0 Å². The van der Waals surface area contributed by atoms with E-state index in [1.54, 1.807) is 28.5 Å². The molecule has 18 atom stereocenters. The summed E-state index contributed by atoms with van der Waals surface area (Å²) in [6.45, 7) is 11.4. The Bertz CT molecular complexity index is 2730. The van der Waals surface area contributed by atoms with Crippen molar-refractivity contribution in [3.8, 4) is 0 Å². The van der Waals surface area contributed by atoms with Crippen LogP contribution in [0.1, 0.15) is 179 Å². The number of unbranched alkanes of at least 4 members (excludes halogenated alkanes) is 3. The summed E-state index contributed by atoms with van der Waals surface area (Å²) < 4.78 is 129. The molecule has 13 N–H and O–H groups in total. The van der Waals surface area contributed by atoms with E-state index >= 15 is 0 Å². The summed E-state index contributed by atoms with van der Waals surface area (Å²) in [5.74, 6) is -1.14. The molecular formula is C75H147N4O35P3. The standard InChI is InChI=1S/C68H125N4O35P3.C4H10.3CH4/c1-46-59(80)61(82)52(38-73)103-65(46)96-32-8-5-15-56(78)71-25-19-50(20-26-71)106-109(88,89)100-36-12-30-94-44-68(42-92-4,45-95-31-13-37-101-110(90,91)107-51-21-27-72(28-22-51)57(79)16-6-9-33-97-66-47(2)60(81)62(83)53(39-74)104-66)43-93-29-11-35-99-108(86,87)102-41-49-17-23-70(24-18-49)55(77)14-7-10-34-98-67-58(69-48(3)76)64(85)63(84)54(40-75)105-67;1-4(2)3;;;/h46-47,49-54,58-67,73-75,80-85H,5-45H2,1-4H3,(H,69,76)(H,86,87)(H,88,89)(H,90,91);4H,1-3H3;3*1H4/t46?,47?,52?,53?,54?,58?,59-,60-,61+,62+,63+,64-,65-,66-,67-,68?;;;;/m1..../s1. The summed E-state index contributed by atoms with van der Waals surface area (Å²) in [5.41, 5.74) is -0.991. The fourth-order valence-corrected chi connectivity index (χ4v) is 16.4. The first-order chi connectivity index (χ1) is 54.2. The molecule has 0 radical (unpaired) electrons. The molecule has 6 aliphatic rings. The molecule has 0 saturated carbocycles. The minimum Gasteiger partial charge on any atom is -0.394 e. The fraction of sp³-hybridized carbons (Fsp3) is 0.947. The number of aliphatic hydroxyl groups is 9. The Morgan fingerprint density at radius 1 is 0.444 bits per heavy atom. The highest BCUT2D eigenvalue weighted by Crippen LogP contribution is 2.48. The number of likely N-dealkylation sites (tertiary alicyclic amines) is 3. The number of hydrogen-bond donors (Lipinski definition) is 13. The van der Waals surface area contributed by atoms with Gasteiger partial charge in [0.05, 0.1) is 103 Å². The van der Waals surface area contributed by atoms with E-state index in [0.717, 1.165) is 5.92 Å². The number of aliphatic hydroxyl groups excluding tert-OH is 9. The predicted octanol–water partition coefficient (Wildman–Crippen LogP) is 3.69. The number of nitrogens with one attached hydrogen (secondary N) is 1. The average Bonchev–Trinajstić information content (AvgIpc) is 0.815. The highest BCUT2D eigenvalue weighted by atomic mass is 31.2. The van der Waals surface area contributed by atoms with Gasteiger partial charge in [0.15, 0.2) is 18.9 Å². The maximum absolute atomic E-state index is 13.1. The zero-order chi connectivity index (χ0) is 84.0. The molecule has 692 valence electrons. The molecule has 42 heteroatoms. The Labute approximate surface area is 691 Å². The second-order valence-electron chi connectivity index (χ2n) is 30.8. The number of hydrogen-bond acceptors (Lipinski definition) is 32. The molecule has 117 heavy (non-hydrogen) atoms. The van der Waals surface area contributed by atoms with Gasteiger partial charge in [0, 0.05) is 124 Å². The van der Waals surface area contributed by atoms with Gasteiger partial charge in [-0.1, -0.05) is 56.9 Å². The third-order valence-electron chi connectivity index (χ3n) is 20.2. The third-order valence-corrected chi connectivity index (χ3v) is 23.3. The topological polar surface area (TPSA) is 532 Å². The summed E-state index contributed by atoms with van der Waals surface area (Å²) >= 11 is 0. The van der Waals surface area contributed by atoms with Gasteiger partial charge in [-0.25, -0.2) is 13.7 Å². The number of phosphoric ester groups is 3. The van der Waals surface area contributed by atoms with Crippen molar-refractivity contribution < 1.29 is 168 Å². The molecule has 0 aromatic rings. The third kappa shape index (κ3) is 40.5. The number of carbonyl (C=O) groups excluding carboxylic acids is 4. The summed E-state index contributed by atoms with van der Waals surface area (Å²) in [4.78, 5) is 87.7. The smallest absolute Gasteiger partial charge is 0.394 e. The summed E-state index contributed by atoms with van der Waals surface area (Å²) in [6, 6.07) is -1.08. The number of nitrogens with zero attached hydrogens (tertiary/aromatic N) is 3. The molecule has 6 fully saturated rings. The van der Waals surface area contributed by atoms with Crippen molar-refractivity contribution in [2.24, 2.45) is 29.1 Å². The highest BCUT2D eigenvalue weighted by Gasteiger charge is 2.47. The molecule has 0 aromatic heterocycles. The van der Waals surface area contributed by atoms with Crippen LogP contribution in [0, 0.1) is 29.1 Å². The van der Waals surface area contributed by atoms with Crippen molar-refractivity contribution >= 4 is 47.1 Å². The van der Waals surface area contributed by atoms with Crippen molar-refractivity contribution in [2.75, 3.05) is 159 Å². The molecule has 0 aliphatic carbocycles. The zero-order valence-electron chi connectivity index (χ0n) is 67.4. The van der Waals surface area contributed by atoms with E-state index in [2.05, 4.69) is 26.1 Å². The van der Waals surface area contributed by atoms with Gasteiger partial charge in [-0.2, -0.15) is 0 Å². The SMILES string of the molecule is C.C.C.CC(C)C.COCC(COCCCOP(=O)(O)OCC1CCN(C(=O)CCCCO[C@@H]2OC(CO)[C@H](O)[C@H](O)C2NC(C)=O)CC1)(COCCCOP(=O)(O)OC1CCN(C(=O)CCCCO[C@@H]2OC(CO)[C@H](O)[C@H](O)C2C)CC1)COCCCOP(=O)(O)OC1CCN(C(=O)CCCCO[C@@H]2OC(CO)[C@H](O)[C@H](O)C2C)CC1. The average molecular weight is 1760 g/mol. The first kappa shape index (κ1) is 111. The van der Waals surface area contributed by atoms with Crippen molar-refractivity contribution in [2.45, 2.75) is 271 Å². The first-order valence-corrected chi connectivity index (χ1v) is 44.6. The van der Waals surface area contributed by atoms with Crippen LogP contribution < -0.4 is 5.32 Å². The lowest BCUT2D eigenvalue weighted by Gasteiger charge is -2.42. The number of amides is 4. The fourth-order valence-electron chi connectivity index (χ4n) is 13.5. The van der Waals surface area contributed by atoms with E-state index in [0.29, 0.717) is 116 Å². The van der Waals surface area contributed by atoms with E-state index in [-0.39, 0.29) is 177 Å².